The Morgan fingerprint density at radius 2 is 1.56 bits per heavy atom. The summed E-state index contributed by atoms with van der Waals surface area (Å²) in [4.78, 5) is 0. The van der Waals surface area contributed by atoms with Crippen molar-refractivity contribution in [1.82, 2.24) is 9.29 Å². The molecular weight excluding hydrogens is 232 g/mol. The van der Waals surface area contributed by atoms with Crippen LogP contribution < -0.4 is 0 Å². The Labute approximate surface area is 105 Å². The Morgan fingerprint density at radius 3 is 1.81 bits per heavy atom. The fraction of sp³-hybridized carbons (Fsp3) is 1.00. The zero-order valence-electron chi connectivity index (χ0n) is 12.4. The predicted molar refractivity (Wildman–Crippen MR) is 77.3 cm³/mol. The summed E-state index contributed by atoms with van der Waals surface area (Å²) in [5.74, 6) is 0. The Morgan fingerprint density at radius 1 is 1.12 bits per heavy atom. The first-order chi connectivity index (χ1) is 7.23. The highest BCUT2D eigenvalue weighted by Crippen LogP contribution is 2.16. The summed E-state index contributed by atoms with van der Waals surface area (Å²) >= 11 is 0. The van der Waals surface area contributed by atoms with Crippen LogP contribution >= 0.6 is 0 Å². The van der Waals surface area contributed by atoms with E-state index in [0.717, 1.165) is 13.1 Å². The van der Waals surface area contributed by atoms with E-state index in [-0.39, 0.29) is 0 Å². The Kier molecular flexibility index (Phi) is 7.04. The van der Waals surface area contributed by atoms with Crippen LogP contribution in [-0.4, -0.2) is 45.9 Å². The average molecular weight is 263 g/mol. The van der Waals surface area contributed by atoms with E-state index in [1.165, 1.54) is 0 Å². The van der Waals surface area contributed by atoms with E-state index >= 15 is 0 Å². The van der Waals surface area contributed by atoms with Crippen LogP contribution in [0.4, 0.5) is 0 Å². The lowest BCUT2D eigenvalue weighted by atomic mass is 10.4. The fourth-order valence-electron chi connectivity index (χ4n) is 2.38. The van der Waals surface area contributed by atoms with E-state index in [2.05, 4.69) is 63.2 Å². The maximum atomic E-state index is 6.13. The fourth-order valence-corrected chi connectivity index (χ4v) is 10.1. The van der Waals surface area contributed by atoms with Crippen molar-refractivity contribution >= 4 is 17.4 Å². The van der Waals surface area contributed by atoms with Gasteiger partial charge in [-0.3, -0.25) is 0 Å². The monoisotopic (exact) mass is 262 g/mol. The van der Waals surface area contributed by atoms with Crippen molar-refractivity contribution in [3.8, 4) is 0 Å². The van der Waals surface area contributed by atoms with Gasteiger partial charge in [0.15, 0.2) is 0 Å². The zero-order chi connectivity index (χ0) is 12.9. The van der Waals surface area contributed by atoms with E-state index in [9.17, 15) is 0 Å². The molecule has 0 bridgehead atoms. The molecule has 0 aliphatic carbocycles. The van der Waals surface area contributed by atoms with Crippen LogP contribution in [0.3, 0.4) is 0 Å². The summed E-state index contributed by atoms with van der Waals surface area (Å²) in [6, 6.07) is 0.601. The van der Waals surface area contributed by atoms with Crippen molar-refractivity contribution in [2.45, 2.75) is 59.9 Å². The second-order valence-corrected chi connectivity index (χ2v) is 12.8. The molecule has 98 valence electrons. The number of hydrogen-bond acceptors (Lipinski definition) is 3. The molecule has 16 heavy (non-hydrogen) atoms. The number of hydroxylamine groups is 2. The topological polar surface area (TPSA) is 15.7 Å². The van der Waals surface area contributed by atoms with Crippen molar-refractivity contribution in [2.75, 3.05) is 13.1 Å². The highest BCUT2D eigenvalue weighted by Gasteiger charge is 2.33. The van der Waals surface area contributed by atoms with E-state index in [0.29, 0.717) is 6.04 Å². The molecule has 0 N–H and O–H groups in total. The van der Waals surface area contributed by atoms with E-state index in [1.54, 1.807) is 0 Å². The van der Waals surface area contributed by atoms with Gasteiger partial charge >= 0.3 is 0 Å². The molecule has 0 aliphatic rings. The van der Waals surface area contributed by atoms with Gasteiger partial charge < -0.3 is 8.76 Å². The van der Waals surface area contributed by atoms with Crippen molar-refractivity contribution in [1.29, 1.82) is 0 Å². The lowest BCUT2D eigenvalue weighted by Gasteiger charge is -2.42. The molecule has 0 aromatic carbocycles. The van der Waals surface area contributed by atoms with Gasteiger partial charge in [0.05, 0.1) is 0 Å². The minimum Gasteiger partial charge on any atom is -0.328 e. The van der Waals surface area contributed by atoms with Crippen LogP contribution in [0.2, 0.25) is 26.2 Å². The molecule has 0 rings (SSSR count). The van der Waals surface area contributed by atoms with E-state index in [1.807, 2.05) is 0 Å². The number of hydrogen-bond donors (Lipinski definition) is 0. The van der Waals surface area contributed by atoms with Crippen molar-refractivity contribution < 1.29 is 4.53 Å². The average Bonchev–Trinajstić information content (AvgIpc) is 2.10. The molecule has 0 heterocycles. The van der Waals surface area contributed by atoms with Crippen LogP contribution in [0, 0.1) is 0 Å². The Bertz CT molecular complexity index is 191. The molecule has 0 saturated heterocycles. The Hall–Kier alpha value is 0.314. The summed E-state index contributed by atoms with van der Waals surface area (Å²) in [7, 11) is -2.53. The van der Waals surface area contributed by atoms with Crippen LogP contribution in [0.15, 0.2) is 0 Å². The van der Waals surface area contributed by atoms with Crippen LogP contribution in [0.1, 0.15) is 27.7 Å². The second-order valence-electron chi connectivity index (χ2n) is 5.49. The summed E-state index contributed by atoms with van der Waals surface area (Å²) in [5.41, 5.74) is 0. The van der Waals surface area contributed by atoms with Gasteiger partial charge in [-0.15, -0.1) is 0 Å². The van der Waals surface area contributed by atoms with Crippen molar-refractivity contribution in [3.05, 3.63) is 0 Å². The molecule has 0 aromatic rings. The largest absolute Gasteiger partial charge is 0.328 e. The smallest absolute Gasteiger partial charge is 0.271 e. The van der Waals surface area contributed by atoms with Crippen LogP contribution in [-0.2, 0) is 4.53 Å². The highest BCUT2D eigenvalue weighted by molar-refractivity contribution is 6.81. The van der Waals surface area contributed by atoms with Gasteiger partial charge in [0.2, 0.25) is 0 Å². The molecule has 0 saturated carbocycles. The number of rotatable bonds is 7. The third-order valence-electron chi connectivity index (χ3n) is 2.73. The quantitative estimate of drug-likeness (QED) is 0.518. The molecule has 1 atom stereocenters. The van der Waals surface area contributed by atoms with E-state index in [4.69, 9.17) is 4.53 Å². The second kappa shape index (κ2) is 6.91. The molecule has 0 aromatic heterocycles. The molecule has 5 heteroatoms. The predicted octanol–water partition coefficient (Wildman–Crippen LogP) is 2.66. The van der Waals surface area contributed by atoms with Crippen LogP contribution in [0.5, 0.6) is 0 Å². The Balaban J connectivity index is 4.57. The van der Waals surface area contributed by atoms with Crippen molar-refractivity contribution in [3.63, 3.8) is 0 Å². The summed E-state index contributed by atoms with van der Waals surface area (Å²) in [6.07, 6.45) is 0. The third-order valence-corrected chi connectivity index (χ3v) is 10.2. The minimum absolute atomic E-state index is 0.601. The zero-order valence-corrected chi connectivity index (χ0v) is 14.5. The molecule has 3 nitrogen and oxygen atoms in total. The van der Waals surface area contributed by atoms with Gasteiger partial charge in [0.25, 0.3) is 9.20 Å². The third kappa shape index (κ3) is 5.10. The molecule has 0 radical (unpaired) electrons. The normalized spacial score (nSPS) is 15.2. The maximum Gasteiger partial charge on any atom is 0.271 e. The van der Waals surface area contributed by atoms with Crippen molar-refractivity contribution in [2.24, 2.45) is 0 Å². The van der Waals surface area contributed by atoms with Gasteiger partial charge in [-0.25, -0.2) is 5.06 Å². The minimum atomic E-state index is -1.27. The molecule has 0 aliphatic heterocycles. The lowest BCUT2D eigenvalue weighted by molar-refractivity contribution is -0.0606. The van der Waals surface area contributed by atoms with Gasteiger partial charge in [-0.05, 0) is 12.6 Å². The molecular formula is C11H30N2OSi2. The van der Waals surface area contributed by atoms with Gasteiger partial charge in [0, 0.05) is 13.1 Å². The number of nitrogens with zero attached hydrogens (tertiary/aromatic N) is 2. The maximum absolute atomic E-state index is 6.13. The van der Waals surface area contributed by atoms with Gasteiger partial charge in [-0.1, -0.05) is 47.3 Å². The van der Waals surface area contributed by atoms with Crippen LogP contribution in [0.25, 0.3) is 0 Å². The standard InChI is InChI=1S/C11H30N2OSi2/c1-9-12(10-2)14-15(5)13(11(3)4)16(6,7)8/h11,15H,9-10H2,1-8H3. The van der Waals surface area contributed by atoms with Gasteiger partial charge in [0.1, 0.15) is 8.24 Å². The van der Waals surface area contributed by atoms with Gasteiger partial charge in [-0.2, -0.15) is 0 Å². The molecule has 0 spiro atoms. The SMILES string of the molecule is CCN(CC)O[SiH](C)N(C(C)C)[Si](C)(C)C. The molecule has 0 fully saturated rings. The lowest BCUT2D eigenvalue weighted by Crippen LogP contribution is -2.59. The first kappa shape index (κ1) is 16.3. The first-order valence-corrected chi connectivity index (χ1v) is 12.0. The van der Waals surface area contributed by atoms with E-state index < -0.39 is 17.4 Å². The molecule has 1 unspecified atom stereocenters. The highest BCUT2D eigenvalue weighted by atomic mass is 28.4. The molecule has 0 amide bonds. The summed E-state index contributed by atoms with van der Waals surface area (Å²) in [5, 5.41) is 2.09. The summed E-state index contributed by atoms with van der Waals surface area (Å²) in [6.45, 7) is 20.3. The first-order valence-electron chi connectivity index (χ1n) is 6.44. The summed E-state index contributed by atoms with van der Waals surface area (Å²) < 4.78 is 8.80.